The van der Waals surface area contributed by atoms with Crippen molar-refractivity contribution in [1.29, 1.82) is 0 Å². The summed E-state index contributed by atoms with van der Waals surface area (Å²) >= 11 is 9.22. The maximum absolute atomic E-state index is 13.4. The molecule has 0 saturated carbocycles. The van der Waals surface area contributed by atoms with E-state index in [1.54, 1.807) is 24.3 Å². The first-order valence-electron chi connectivity index (χ1n) is 6.45. The van der Waals surface area contributed by atoms with Crippen molar-refractivity contribution >= 4 is 33.8 Å². The smallest absolute Gasteiger partial charge is 0.155 e. The zero-order valence-electron chi connectivity index (χ0n) is 11.4. The summed E-state index contributed by atoms with van der Waals surface area (Å²) in [5.41, 5.74) is 1.40. The van der Waals surface area contributed by atoms with Gasteiger partial charge in [-0.3, -0.25) is 4.79 Å². The molecule has 0 aliphatic carbocycles. The molecule has 0 spiro atoms. The molecule has 0 saturated heterocycles. The van der Waals surface area contributed by atoms with E-state index in [1.165, 1.54) is 4.68 Å². The number of hydrogen-bond donors (Lipinski definition) is 0. The lowest BCUT2D eigenvalue weighted by Crippen LogP contribution is -1.99. The summed E-state index contributed by atoms with van der Waals surface area (Å²) in [6.45, 7) is 0. The van der Waals surface area contributed by atoms with Crippen molar-refractivity contribution in [3.63, 3.8) is 0 Å². The SMILES string of the molecule is O=Cc1c(-c2cccc(Cl)c2)nn(-c2cc(F)cc(F)c2)c1Br. The molecule has 0 aliphatic rings. The van der Waals surface area contributed by atoms with Gasteiger partial charge in [0.1, 0.15) is 21.9 Å². The molecule has 1 aromatic heterocycles. The van der Waals surface area contributed by atoms with E-state index in [-0.39, 0.29) is 11.3 Å². The molecule has 0 aliphatic heterocycles. The largest absolute Gasteiger partial charge is 0.298 e. The Hall–Kier alpha value is -2.05. The molecular weight excluding hydrogens is 390 g/mol. The van der Waals surface area contributed by atoms with Gasteiger partial charge in [0.25, 0.3) is 0 Å². The Labute approximate surface area is 143 Å². The summed E-state index contributed by atoms with van der Waals surface area (Å²) in [6, 6.07) is 9.82. The maximum atomic E-state index is 13.4. The Morgan fingerprint density at radius 1 is 1.13 bits per heavy atom. The lowest BCUT2D eigenvalue weighted by atomic mass is 10.1. The summed E-state index contributed by atoms with van der Waals surface area (Å²) in [4.78, 5) is 11.4. The number of aromatic nitrogens is 2. The molecule has 0 N–H and O–H groups in total. The zero-order valence-corrected chi connectivity index (χ0v) is 13.8. The lowest BCUT2D eigenvalue weighted by molar-refractivity contribution is 0.112. The summed E-state index contributed by atoms with van der Waals surface area (Å²) in [5, 5.41) is 4.78. The monoisotopic (exact) mass is 396 g/mol. The highest BCUT2D eigenvalue weighted by Crippen LogP contribution is 2.31. The highest BCUT2D eigenvalue weighted by Gasteiger charge is 2.19. The quantitative estimate of drug-likeness (QED) is 0.580. The molecule has 0 amide bonds. The van der Waals surface area contributed by atoms with Crippen molar-refractivity contribution in [3.8, 4) is 16.9 Å². The minimum Gasteiger partial charge on any atom is -0.298 e. The van der Waals surface area contributed by atoms with Crippen LogP contribution >= 0.6 is 27.5 Å². The van der Waals surface area contributed by atoms with E-state index in [9.17, 15) is 13.6 Å². The predicted octanol–water partition coefficient (Wildman–Crippen LogP) is 5.05. The van der Waals surface area contributed by atoms with Crippen LogP contribution in [0.1, 0.15) is 10.4 Å². The average Bonchev–Trinajstić information content (AvgIpc) is 2.83. The van der Waals surface area contributed by atoms with Gasteiger partial charge in [0.2, 0.25) is 0 Å². The highest BCUT2D eigenvalue weighted by molar-refractivity contribution is 9.10. The Morgan fingerprint density at radius 2 is 1.83 bits per heavy atom. The van der Waals surface area contributed by atoms with Crippen LogP contribution in [-0.4, -0.2) is 16.1 Å². The number of carbonyl (C=O) groups excluding carboxylic acids is 1. The van der Waals surface area contributed by atoms with Gasteiger partial charge in [-0.25, -0.2) is 13.5 Å². The minimum atomic E-state index is -0.737. The highest BCUT2D eigenvalue weighted by atomic mass is 79.9. The lowest BCUT2D eigenvalue weighted by Gasteiger charge is -2.04. The van der Waals surface area contributed by atoms with Crippen LogP contribution in [0.3, 0.4) is 0 Å². The Morgan fingerprint density at radius 3 is 2.43 bits per heavy atom. The van der Waals surface area contributed by atoms with E-state index in [4.69, 9.17) is 11.6 Å². The molecule has 116 valence electrons. The molecule has 7 heteroatoms. The van der Waals surface area contributed by atoms with Crippen molar-refractivity contribution in [2.24, 2.45) is 0 Å². The molecule has 23 heavy (non-hydrogen) atoms. The van der Waals surface area contributed by atoms with E-state index in [1.807, 2.05) is 0 Å². The van der Waals surface area contributed by atoms with Crippen LogP contribution in [0.5, 0.6) is 0 Å². The van der Waals surface area contributed by atoms with Gasteiger partial charge in [0.15, 0.2) is 6.29 Å². The summed E-state index contributed by atoms with van der Waals surface area (Å²) in [5.74, 6) is -1.47. The number of benzene rings is 2. The van der Waals surface area contributed by atoms with E-state index in [0.717, 1.165) is 18.2 Å². The Kier molecular flexibility index (Phi) is 4.28. The zero-order chi connectivity index (χ0) is 16.6. The van der Waals surface area contributed by atoms with Gasteiger partial charge in [-0.05, 0) is 40.2 Å². The molecule has 0 atom stereocenters. The van der Waals surface area contributed by atoms with Gasteiger partial charge in [-0.1, -0.05) is 23.7 Å². The van der Waals surface area contributed by atoms with Crippen LogP contribution < -0.4 is 0 Å². The third-order valence-corrected chi connectivity index (χ3v) is 4.17. The number of aldehydes is 1. The molecule has 3 aromatic rings. The Balaban J connectivity index is 2.22. The maximum Gasteiger partial charge on any atom is 0.155 e. The summed E-state index contributed by atoms with van der Waals surface area (Å²) in [6.07, 6.45) is 0.624. The first-order chi connectivity index (χ1) is 11.0. The van der Waals surface area contributed by atoms with Gasteiger partial charge in [0.05, 0.1) is 11.3 Å². The van der Waals surface area contributed by atoms with Gasteiger partial charge >= 0.3 is 0 Å². The number of carbonyl (C=O) groups is 1. The Bertz CT molecular complexity index is 891. The molecule has 0 bridgehead atoms. The van der Waals surface area contributed by atoms with Crippen molar-refractivity contribution < 1.29 is 13.6 Å². The average molecular weight is 398 g/mol. The van der Waals surface area contributed by atoms with Crippen LogP contribution in [0, 0.1) is 11.6 Å². The molecule has 0 fully saturated rings. The van der Waals surface area contributed by atoms with Gasteiger partial charge in [0, 0.05) is 16.7 Å². The van der Waals surface area contributed by atoms with E-state index in [2.05, 4.69) is 21.0 Å². The number of rotatable bonds is 3. The van der Waals surface area contributed by atoms with Crippen LogP contribution in [0.25, 0.3) is 16.9 Å². The fraction of sp³-hybridized carbons (Fsp3) is 0. The normalized spacial score (nSPS) is 10.8. The van der Waals surface area contributed by atoms with Crippen molar-refractivity contribution in [2.45, 2.75) is 0 Å². The molecule has 1 heterocycles. The topological polar surface area (TPSA) is 34.9 Å². The molecule has 0 unspecified atom stereocenters. The first kappa shape index (κ1) is 15.8. The second-order valence-electron chi connectivity index (χ2n) is 4.72. The van der Waals surface area contributed by atoms with E-state index in [0.29, 0.717) is 27.2 Å². The van der Waals surface area contributed by atoms with E-state index >= 15 is 0 Å². The van der Waals surface area contributed by atoms with Crippen LogP contribution in [0.2, 0.25) is 5.02 Å². The summed E-state index contributed by atoms with van der Waals surface area (Å²) < 4.78 is 28.4. The number of nitrogens with zero attached hydrogens (tertiary/aromatic N) is 2. The number of hydrogen-bond acceptors (Lipinski definition) is 2. The summed E-state index contributed by atoms with van der Waals surface area (Å²) in [7, 11) is 0. The second kappa shape index (κ2) is 6.22. The second-order valence-corrected chi connectivity index (χ2v) is 5.91. The van der Waals surface area contributed by atoms with Crippen molar-refractivity contribution in [3.05, 3.63) is 69.3 Å². The molecule has 3 rings (SSSR count). The third-order valence-electron chi connectivity index (χ3n) is 3.17. The fourth-order valence-corrected chi connectivity index (χ4v) is 2.95. The standard InChI is InChI=1S/C16H8BrClF2N2O/c17-16-14(8-23)15(9-2-1-3-10(18)4-9)21-22(16)13-6-11(19)5-12(20)7-13/h1-8H. The molecule has 2 aromatic carbocycles. The predicted molar refractivity (Wildman–Crippen MR) is 87.0 cm³/mol. The fourth-order valence-electron chi connectivity index (χ4n) is 2.20. The third kappa shape index (κ3) is 3.04. The number of halogens is 4. The van der Waals surface area contributed by atoms with Crippen LogP contribution in [-0.2, 0) is 0 Å². The molecular formula is C16H8BrClF2N2O. The van der Waals surface area contributed by atoms with Crippen LogP contribution in [0.4, 0.5) is 8.78 Å². The molecule has 3 nitrogen and oxygen atoms in total. The van der Waals surface area contributed by atoms with Crippen LogP contribution in [0.15, 0.2) is 47.1 Å². The first-order valence-corrected chi connectivity index (χ1v) is 7.63. The molecule has 0 radical (unpaired) electrons. The minimum absolute atomic E-state index is 0.158. The van der Waals surface area contributed by atoms with E-state index < -0.39 is 11.6 Å². The van der Waals surface area contributed by atoms with Gasteiger partial charge in [-0.2, -0.15) is 5.10 Å². The van der Waals surface area contributed by atoms with Crippen molar-refractivity contribution in [2.75, 3.05) is 0 Å². The van der Waals surface area contributed by atoms with Gasteiger partial charge < -0.3 is 0 Å². The van der Waals surface area contributed by atoms with Crippen molar-refractivity contribution in [1.82, 2.24) is 9.78 Å². The van der Waals surface area contributed by atoms with Gasteiger partial charge in [-0.15, -0.1) is 0 Å².